The van der Waals surface area contributed by atoms with Crippen LogP contribution in [0.2, 0.25) is 0 Å². The van der Waals surface area contributed by atoms with E-state index in [2.05, 4.69) is 76.7 Å². The molecular formula is C17H30N4+2. The van der Waals surface area contributed by atoms with Gasteiger partial charge in [0, 0.05) is 6.42 Å². The third kappa shape index (κ3) is 4.73. The third-order valence-electron chi connectivity index (χ3n) is 4.08. The molecule has 0 bridgehead atoms. The van der Waals surface area contributed by atoms with E-state index in [1.807, 2.05) is 0 Å². The van der Waals surface area contributed by atoms with Crippen molar-refractivity contribution in [1.29, 1.82) is 0 Å². The van der Waals surface area contributed by atoms with Crippen LogP contribution in [0.1, 0.15) is 58.0 Å². The molecule has 0 amide bonds. The number of hydrogen-bond donors (Lipinski definition) is 0. The Morgan fingerprint density at radius 1 is 0.810 bits per heavy atom. The number of hydrogen-bond acceptors (Lipinski definition) is 0. The minimum atomic E-state index is 0.388. The molecule has 2 rings (SSSR count). The van der Waals surface area contributed by atoms with Crippen LogP contribution >= 0.6 is 0 Å². The molecule has 116 valence electrons. The van der Waals surface area contributed by atoms with Crippen molar-refractivity contribution < 1.29 is 9.13 Å². The monoisotopic (exact) mass is 290 g/mol. The Hall–Kier alpha value is -1.58. The topological polar surface area (TPSA) is 17.6 Å². The molecule has 0 saturated heterocycles. The molecule has 0 saturated carbocycles. The SMILES string of the molecule is CCCCCCCCC(n1cc[n+](C)c1)n1cc[n+](C)c1. The summed E-state index contributed by atoms with van der Waals surface area (Å²) in [5, 5.41) is 0. The normalized spacial score (nSPS) is 11.4. The van der Waals surface area contributed by atoms with Gasteiger partial charge >= 0.3 is 0 Å². The highest BCUT2D eigenvalue weighted by molar-refractivity contribution is 4.80. The maximum Gasteiger partial charge on any atom is 0.246 e. The zero-order valence-corrected chi connectivity index (χ0v) is 13.8. The summed E-state index contributed by atoms with van der Waals surface area (Å²) in [5.74, 6) is 0. The Balaban J connectivity index is 1.93. The van der Waals surface area contributed by atoms with Crippen molar-refractivity contribution in [2.24, 2.45) is 14.1 Å². The quantitative estimate of drug-likeness (QED) is 0.499. The highest BCUT2D eigenvalue weighted by atomic mass is 15.3. The van der Waals surface area contributed by atoms with Crippen LogP contribution in [0.5, 0.6) is 0 Å². The van der Waals surface area contributed by atoms with E-state index in [1.165, 1.54) is 44.9 Å². The maximum absolute atomic E-state index is 2.31. The average Bonchev–Trinajstić information content (AvgIpc) is 3.07. The summed E-state index contributed by atoms with van der Waals surface area (Å²) in [7, 11) is 4.15. The largest absolute Gasteiger partial charge is 0.246 e. The highest BCUT2D eigenvalue weighted by Crippen LogP contribution is 2.18. The summed E-state index contributed by atoms with van der Waals surface area (Å²) in [6.45, 7) is 2.27. The number of imidazole rings is 2. The van der Waals surface area contributed by atoms with Crippen LogP contribution in [0.15, 0.2) is 37.4 Å². The fraction of sp³-hybridized carbons (Fsp3) is 0.647. The maximum atomic E-state index is 2.31. The molecular weight excluding hydrogens is 260 g/mol. The minimum Gasteiger partial charge on any atom is -0.239 e. The lowest BCUT2D eigenvalue weighted by atomic mass is 10.1. The van der Waals surface area contributed by atoms with Gasteiger partial charge < -0.3 is 0 Å². The van der Waals surface area contributed by atoms with E-state index < -0.39 is 0 Å². The molecule has 0 aliphatic heterocycles. The fourth-order valence-electron chi connectivity index (χ4n) is 2.85. The van der Waals surface area contributed by atoms with Crippen molar-refractivity contribution in [2.45, 2.75) is 58.0 Å². The summed E-state index contributed by atoms with van der Waals surface area (Å²) in [6.07, 6.45) is 22.6. The molecule has 4 heteroatoms. The van der Waals surface area contributed by atoms with Crippen molar-refractivity contribution in [2.75, 3.05) is 0 Å². The van der Waals surface area contributed by atoms with Crippen molar-refractivity contribution in [3.05, 3.63) is 37.4 Å². The van der Waals surface area contributed by atoms with Crippen LogP contribution in [0.4, 0.5) is 0 Å². The molecule has 21 heavy (non-hydrogen) atoms. The Labute approximate surface area is 128 Å². The lowest BCUT2D eigenvalue weighted by molar-refractivity contribution is -0.672. The van der Waals surface area contributed by atoms with Crippen LogP contribution in [-0.2, 0) is 14.1 Å². The Morgan fingerprint density at radius 2 is 1.33 bits per heavy atom. The minimum absolute atomic E-state index is 0.388. The van der Waals surface area contributed by atoms with Gasteiger partial charge in [-0.1, -0.05) is 39.0 Å². The number of aromatic nitrogens is 4. The van der Waals surface area contributed by atoms with E-state index >= 15 is 0 Å². The molecule has 0 atom stereocenters. The zero-order valence-electron chi connectivity index (χ0n) is 13.8. The second-order valence-electron chi connectivity index (χ2n) is 6.09. The van der Waals surface area contributed by atoms with Crippen LogP contribution in [0.3, 0.4) is 0 Å². The Morgan fingerprint density at radius 3 is 1.81 bits per heavy atom. The lowest BCUT2D eigenvalue weighted by Gasteiger charge is -2.10. The first-order chi connectivity index (χ1) is 10.2. The molecule has 0 radical (unpaired) electrons. The predicted molar refractivity (Wildman–Crippen MR) is 83.6 cm³/mol. The smallest absolute Gasteiger partial charge is 0.239 e. The van der Waals surface area contributed by atoms with E-state index in [-0.39, 0.29) is 0 Å². The number of unbranched alkanes of at least 4 members (excludes halogenated alkanes) is 5. The fourth-order valence-corrected chi connectivity index (χ4v) is 2.85. The van der Waals surface area contributed by atoms with E-state index in [1.54, 1.807) is 0 Å². The molecule has 2 heterocycles. The predicted octanol–water partition coefficient (Wildman–Crippen LogP) is 2.74. The summed E-state index contributed by atoms with van der Waals surface area (Å²) >= 11 is 0. The van der Waals surface area contributed by atoms with Crippen LogP contribution in [-0.4, -0.2) is 9.13 Å². The summed E-state index contributed by atoms with van der Waals surface area (Å²) in [6, 6.07) is 0. The van der Waals surface area contributed by atoms with Gasteiger partial charge in [0.15, 0.2) is 0 Å². The standard InChI is InChI=1S/C17H30N4/c1-4-5-6-7-8-9-10-17(20-13-11-18(2)15-20)21-14-12-19(3)16-21/h11-17H,4-10H2,1-3H3/q+2. The van der Waals surface area contributed by atoms with Gasteiger partial charge in [-0.25, -0.2) is 9.13 Å². The highest BCUT2D eigenvalue weighted by Gasteiger charge is 2.22. The summed E-state index contributed by atoms with van der Waals surface area (Å²) < 4.78 is 8.84. The van der Waals surface area contributed by atoms with Crippen LogP contribution in [0, 0.1) is 0 Å². The second kappa shape index (κ2) is 8.01. The molecule has 0 aliphatic rings. The van der Waals surface area contributed by atoms with Crippen molar-refractivity contribution in [3.8, 4) is 0 Å². The molecule has 0 N–H and O–H groups in total. The Bertz CT molecular complexity index is 486. The number of aryl methyl sites for hydroxylation is 2. The van der Waals surface area contributed by atoms with E-state index in [0.29, 0.717) is 6.17 Å². The summed E-state index contributed by atoms with van der Waals surface area (Å²) in [5.41, 5.74) is 0. The molecule has 0 spiro atoms. The van der Waals surface area contributed by atoms with Gasteiger partial charge in [0.2, 0.25) is 18.8 Å². The third-order valence-corrected chi connectivity index (χ3v) is 4.08. The van der Waals surface area contributed by atoms with E-state index in [0.717, 1.165) is 0 Å². The van der Waals surface area contributed by atoms with Crippen molar-refractivity contribution in [3.63, 3.8) is 0 Å². The van der Waals surface area contributed by atoms with E-state index in [4.69, 9.17) is 0 Å². The molecule has 0 fully saturated rings. The van der Waals surface area contributed by atoms with E-state index in [9.17, 15) is 0 Å². The average molecular weight is 290 g/mol. The number of rotatable bonds is 9. The van der Waals surface area contributed by atoms with Gasteiger partial charge in [0.1, 0.15) is 24.8 Å². The lowest BCUT2D eigenvalue weighted by Crippen LogP contribution is -2.27. The molecule has 0 unspecified atom stereocenters. The second-order valence-corrected chi connectivity index (χ2v) is 6.09. The first kappa shape index (κ1) is 15.8. The van der Waals surface area contributed by atoms with Gasteiger partial charge in [-0.2, -0.15) is 9.13 Å². The Kier molecular flexibility index (Phi) is 6.03. The first-order valence-electron chi connectivity index (χ1n) is 8.26. The van der Waals surface area contributed by atoms with Crippen molar-refractivity contribution in [1.82, 2.24) is 9.13 Å². The molecule has 2 aromatic rings. The molecule has 2 aromatic heterocycles. The molecule has 0 aliphatic carbocycles. The first-order valence-corrected chi connectivity index (χ1v) is 8.26. The number of nitrogens with zero attached hydrogens (tertiary/aromatic N) is 4. The van der Waals surface area contributed by atoms with Crippen molar-refractivity contribution >= 4 is 0 Å². The van der Waals surface area contributed by atoms with Gasteiger partial charge in [0.05, 0.1) is 14.1 Å². The van der Waals surface area contributed by atoms with Gasteiger partial charge in [-0.15, -0.1) is 0 Å². The van der Waals surface area contributed by atoms with Crippen LogP contribution < -0.4 is 9.13 Å². The van der Waals surface area contributed by atoms with Gasteiger partial charge in [-0.05, 0) is 6.42 Å². The van der Waals surface area contributed by atoms with Gasteiger partial charge in [0.25, 0.3) is 0 Å². The van der Waals surface area contributed by atoms with Gasteiger partial charge in [-0.3, -0.25) is 0 Å². The molecule has 0 aromatic carbocycles. The zero-order chi connectivity index (χ0) is 15.1. The van der Waals surface area contributed by atoms with Crippen LogP contribution in [0.25, 0.3) is 0 Å². The summed E-state index contributed by atoms with van der Waals surface area (Å²) in [4.78, 5) is 0. The molecule has 4 nitrogen and oxygen atoms in total.